The number of thiophene rings is 1. The molecule has 2 rings (SSSR count). The zero-order valence-corrected chi connectivity index (χ0v) is 13.8. The molecule has 0 saturated carbocycles. The van der Waals surface area contributed by atoms with Gasteiger partial charge in [0.15, 0.2) is 0 Å². The minimum atomic E-state index is -0.337. The van der Waals surface area contributed by atoms with Gasteiger partial charge in [-0.05, 0) is 12.3 Å². The van der Waals surface area contributed by atoms with Gasteiger partial charge >= 0.3 is 0 Å². The molecule has 1 amide bonds. The Labute approximate surface area is 132 Å². The third-order valence-corrected chi connectivity index (χ3v) is 4.25. The van der Waals surface area contributed by atoms with E-state index in [1.165, 1.54) is 11.3 Å². The first-order chi connectivity index (χ1) is 10.6. The number of rotatable bonds is 7. The molecule has 0 radical (unpaired) electrons. The zero-order valence-electron chi connectivity index (χ0n) is 13.0. The van der Waals surface area contributed by atoms with Gasteiger partial charge in [0, 0.05) is 32.5 Å². The zero-order chi connectivity index (χ0) is 16.1. The number of hydrogen-bond donors (Lipinski definition) is 1. The highest BCUT2D eigenvalue weighted by molar-refractivity contribution is 7.17. The van der Waals surface area contributed by atoms with E-state index in [-0.39, 0.29) is 16.9 Å². The second-order valence-electron chi connectivity index (χ2n) is 4.83. The fraction of sp³-hybridized carbons (Fsp3) is 0.467. The number of methoxy groups -OCH3 is 1. The first-order valence-corrected chi connectivity index (χ1v) is 7.92. The molecule has 0 aliphatic rings. The maximum atomic E-state index is 12.5. The second kappa shape index (κ2) is 7.53. The Balaban J connectivity index is 2.35. The molecule has 0 aliphatic carbocycles. The van der Waals surface area contributed by atoms with Crippen molar-refractivity contribution in [1.29, 1.82) is 0 Å². The number of fused-ring (bicyclic) bond motifs is 1. The summed E-state index contributed by atoms with van der Waals surface area (Å²) in [7, 11) is 3.45. The Kier molecular flexibility index (Phi) is 5.70. The van der Waals surface area contributed by atoms with Crippen LogP contribution < -0.4 is 10.7 Å². The Morgan fingerprint density at radius 1 is 1.41 bits per heavy atom. The summed E-state index contributed by atoms with van der Waals surface area (Å²) < 4.78 is 12.9. The van der Waals surface area contributed by atoms with Crippen LogP contribution in [0.2, 0.25) is 0 Å². The molecule has 2 aromatic heterocycles. The summed E-state index contributed by atoms with van der Waals surface area (Å²) in [5, 5.41) is 4.57. The SMILES string of the molecule is CCNC(=O)c1cn(C)c2c(COCCOC)csc2c1=O. The van der Waals surface area contributed by atoms with E-state index >= 15 is 0 Å². The Morgan fingerprint density at radius 3 is 2.86 bits per heavy atom. The van der Waals surface area contributed by atoms with Crippen LogP contribution in [0.4, 0.5) is 0 Å². The van der Waals surface area contributed by atoms with Crippen LogP contribution in [0.15, 0.2) is 16.4 Å². The largest absolute Gasteiger partial charge is 0.382 e. The van der Waals surface area contributed by atoms with E-state index in [1.54, 1.807) is 13.3 Å². The van der Waals surface area contributed by atoms with E-state index in [1.807, 2.05) is 23.9 Å². The molecule has 1 N–H and O–H groups in total. The van der Waals surface area contributed by atoms with Crippen LogP contribution in [0.1, 0.15) is 22.8 Å². The van der Waals surface area contributed by atoms with Gasteiger partial charge in [-0.2, -0.15) is 0 Å². The van der Waals surface area contributed by atoms with Crippen molar-refractivity contribution in [3.8, 4) is 0 Å². The molecule has 0 saturated heterocycles. The number of nitrogens with one attached hydrogen (secondary N) is 1. The third kappa shape index (κ3) is 3.37. The predicted molar refractivity (Wildman–Crippen MR) is 86.6 cm³/mol. The first-order valence-electron chi connectivity index (χ1n) is 7.04. The number of hydrogen-bond acceptors (Lipinski definition) is 5. The fourth-order valence-electron chi connectivity index (χ4n) is 2.22. The van der Waals surface area contributed by atoms with Crippen LogP contribution >= 0.6 is 11.3 Å². The van der Waals surface area contributed by atoms with Gasteiger partial charge < -0.3 is 19.4 Å². The van der Waals surface area contributed by atoms with Gasteiger partial charge in [0.05, 0.1) is 30.0 Å². The molecule has 0 fully saturated rings. The van der Waals surface area contributed by atoms with Crippen molar-refractivity contribution >= 4 is 27.5 Å². The Hall–Kier alpha value is -1.70. The van der Waals surface area contributed by atoms with Crippen molar-refractivity contribution < 1.29 is 14.3 Å². The van der Waals surface area contributed by atoms with Gasteiger partial charge in [0.2, 0.25) is 5.43 Å². The third-order valence-electron chi connectivity index (χ3n) is 3.24. The number of carbonyl (C=O) groups is 1. The van der Waals surface area contributed by atoms with Crippen molar-refractivity contribution in [1.82, 2.24) is 9.88 Å². The lowest BCUT2D eigenvalue weighted by Gasteiger charge is -2.09. The van der Waals surface area contributed by atoms with Crippen LogP contribution in [0.25, 0.3) is 10.2 Å². The maximum Gasteiger partial charge on any atom is 0.256 e. The van der Waals surface area contributed by atoms with E-state index in [9.17, 15) is 9.59 Å². The van der Waals surface area contributed by atoms with Gasteiger partial charge in [0.25, 0.3) is 5.91 Å². The molecule has 0 spiro atoms. The fourth-order valence-corrected chi connectivity index (χ4v) is 3.26. The summed E-state index contributed by atoms with van der Waals surface area (Å²) in [6.07, 6.45) is 1.58. The lowest BCUT2D eigenvalue weighted by atomic mass is 10.2. The topological polar surface area (TPSA) is 69.6 Å². The number of nitrogens with zero attached hydrogens (tertiary/aromatic N) is 1. The van der Waals surface area contributed by atoms with Gasteiger partial charge in [-0.3, -0.25) is 9.59 Å². The lowest BCUT2D eigenvalue weighted by Crippen LogP contribution is -2.29. The van der Waals surface area contributed by atoms with Crippen molar-refractivity contribution in [3.63, 3.8) is 0 Å². The van der Waals surface area contributed by atoms with Gasteiger partial charge in [0.1, 0.15) is 5.56 Å². The van der Waals surface area contributed by atoms with Crippen molar-refractivity contribution in [3.05, 3.63) is 32.9 Å². The van der Waals surface area contributed by atoms with Crippen molar-refractivity contribution in [2.45, 2.75) is 13.5 Å². The van der Waals surface area contributed by atoms with Crippen LogP contribution in [0, 0.1) is 0 Å². The molecule has 7 heteroatoms. The van der Waals surface area contributed by atoms with Crippen molar-refractivity contribution in [2.75, 3.05) is 26.9 Å². The molecule has 0 bridgehead atoms. The molecule has 6 nitrogen and oxygen atoms in total. The monoisotopic (exact) mass is 324 g/mol. The minimum Gasteiger partial charge on any atom is -0.382 e. The summed E-state index contributed by atoms with van der Waals surface area (Å²) in [6.45, 7) is 3.75. The summed E-state index contributed by atoms with van der Waals surface area (Å²) in [5.74, 6) is -0.337. The number of pyridine rings is 1. The molecule has 22 heavy (non-hydrogen) atoms. The average Bonchev–Trinajstić information content (AvgIpc) is 2.92. The van der Waals surface area contributed by atoms with Gasteiger partial charge in [-0.1, -0.05) is 0 Å². The highest BCUT2D eigenvalue weighted by atomic mass is 32.1. The first kappa shape index (κ1) is 16.7. The standard InChI is InChI=1S/C15H20N2O4S/c1-4-16-15(19)11-7-17(2)12-10(8-21-6-5-20-3)9-22-14(12)13(11)18/h7,9H,4-6,8H2,1-3H3,(H,16,19). The highest BCUT2D eigenvalue weighted by Crippen LogP contribution is 2.24. The summed E-state index contributed by atoms with van der Waals surface area (Å²) >= 11 is 1.34. The van der Waals surface area contributed by atoms with E-state index in [2.05, 4.69) is 5.32 Å². The van der Waals surface area contributed by atoms with E-state index in [0.29, 0.717) is 31.1 Å². The molecular formula is C15H20N2O4S. The molecule has 120 valence electrons. The quantitative estimate of drug-likeness (QED) is 0.784. The molecule has 2 heterocycles. The Morgan fingerprint density at radius 2 is 2.18 bits per heavy atom. The maximum absolute atomic E-state index is 12.5. The van der Waals surface area contributed by atoms with E-state index in [0.717, 1.165) is 11.1 Å². The molecule has 0 aliphatic heterocycles. The van der Waals surface area contributed by atoms with Crippen LogP contribution in [-0.4, -0.2) is 37.3 Å². The molecule has 0 atom stereocenters. The normalized spacial score (nSPS) is 11.0. The number of amides is 1. The van der Waals surface area contributed by atoms with Crippen LogP contribution in [0.5, 0.6) is 0 Å². The van der Waals surface area contributed by atoms with Crippen molar-refractivity contribution in [2.24, 2.45) is 7.05 Å². The molecule has 0 aromatic carbocycles. The summed E-state index contributed by atoms with van der Waals surface area (Å²) in [6, 6.07) is 0. The average molecular weight is 324 g/mol. The van der Waals surface area contributed by atoms with E-state index in [4.69, 9.17) is 9.47 Å². The number of carbonyl (C=O) groups excluding carboxylic acids is 1. The Bertz CT molecular complexity index is 720. The predicted octanol–water partition coefficient (Wildman–Crippen LogP) is 1.51. The van der Waals surface area contributed by atoms with Gasteiger partial charge in [-0.15, -0.1) is 11.3 Å². The molecule has 2 aromatic rings. The second-order valence-corrected chi connectivity index (χ2v) is 5.71. The minimum absolute atomic E-state index is 0.172. The van der Waals surface area contributed by atoms with Crippen LogP contribution in [-0.2, 0) is 23.1 Å². The smallest absolute Gasteiger partial charge is 0.256 e. The van der Waals surface area contributed by atoms with Crippen LogP contribution in [0.3, 0.4) is 0 Å². The summed E-state index contributed by atoms with van der Waals surface area (Å²) in [5.41, 5.74) is 1.70. The summed E-state index contributed by atoms with van der Waals surface area (Å²) in [4.78, 5) is 24.4. The highest BCUT2D eigenvalue weighted by Gasteiger charge is 2.17. The number of ether oxygens (including phenoxy) is 2. The number of aryl methyl sites for hydroxylation is 1. The molecular weight excluding hydrogens is 304 g/mol. The number of aromatic nitrogens is 1. The molecule has 0 unspecified atom stereocenters. The van der Waals surface area contributed by atoms with Gasteiger partial charge in [-0.25, -0.2) is 0 Å². The van der Waals surface area contributed by atoms with E-state index < -0.39 is 0 Å². The lowest BCUT2D eigenvalue weighted by molar-refractivity contribution is 0.0621.